The smallest absolute Gasteiger partial charge is 0.161 e. The zero-order valence-corrected chi connectivity index (χ0v) is 15.9. The van der Waals surface area contributed by atoms with Crippen LogP contribution >= 0.6 is 0 Å². The Morgan fingerprint density at radius 3 is 2.57 bits per heavy atom. The van der Waals surface area contributed by atoms with Crippen LogP contribution in [-0.2, 0) is 6.54 Å². The van der Waals surface area contributed by atoms with Crippen LogP contribution in [0.5, 0.6) is 17.2 Å². The maximum Gasteiger partial charge on any atom is 0.161 e. The van der Waals surface area contributed by atoms with Gasteiger partial charge in [-0.3, -0.25) is 0 Å². The lowest BCUT2D eigenvalue weighted by molar-refractivity contribution is -0.912. The third-order valence-corrected chi connectivity index (χ3v) is 6.50. The standard InChI is InChI=1S/C22H23NO5/c1-27-12-5-6-13-14(8-12)15-9-19(24)20(28-2)10-16(15)17-11-23(26)7-3-4-18(23)22(25)21(13)17/h5-6,8-10,18,22,24-25H,3-4,7,11H2,1-2H3/t18-,22+,23?/m0/s1. The first kappa shape index (κ1) is 17.6. The number of nitrogens with zero attached hydrogens (tertiary/aromatic N) is 1. The molecule has 1 unspecified atom stereocenters. The van der Waals surface area contributed by atoms with Gasteiger partial charge in [-0.25, -0.2) is 0 Å². The molecule has 3 aromatic carbocycles. The molecule has 1 fully saturated rings. The highest BCUT2D eigenvalue weighted by molar-refractivity contribution is 6.12. The number of hydrogen-bond donors (Lipinski definition) is 2. The lowest BCUT2D eigenvalue weighted by atomic mass is 9.83. The average Bonchev–Trinajstić information content (AvgIpc) is 3.09. The number of phenols is 1. The molecule has 0 aliphatic carbocycles. The van der Waals surface area contributed by atoms with Gasteiger partial charge in [0.1, 0.15) is 24.4 Å². The second kappa shape index (κ2) is 5.98. The summed E-state index contributed by atoms with van der Waals surface area (Å²) in [6, 6.07) is 8.85. The summed E-state index contributed by atoms with van der Waals surface area (Å²) in [6.45, 7) is 0.849. The van der Waals surface area contributed by atoms with E-state index in [9.17, 15) is 15.4 Å². The van der Waals surface area contributed by atoms with E-state index in [0.717, 1.165) is 45.5 Å². The molecule has 0 amide bonds. The Bertz CT molecular complexity index is 1110. The van der Waals surface area contributed by atoms with Crippen molar-refractivity contribution in [2.75, 3.05) is 20.8 Å². The number of rotatable bonds is 2. The Kier molecular flexibility index (Phi) is 3.75. The molecule has 0 radical (unpaired) electrons. The van der Waals surface area contributed by atoms with Crippen LogP contribution < -0.4 is 9.47 Å². The zero-order valence-electron chi connectivity index (χ0n) is 15.9. The molecule has 3 aromatic rings. The summed E-state index contributed by atoms with van der Waals surface area (Å²) in [5.41, 5.74) is 1.68. The minimum absolute atomic E-state index is 0.0421. The first-order chi connectivity index (χ1) is 13.5. The fourth-order valence-electron chi connectivity index (χ4n) is 5.17. The SMILES string of the molecule is COc1ccc2c3c(c4cc(OC)c(O)cc4c2c1)C[N+]1([O-])CCC[C@H]1[C@H]3O. The van der Waals surface area contributed by atoms with E-state index in [1.54, 1.807) is 19.2 Å². The highest BCUT2D eigenvalue weighted by atomic mass is 16.6. The lowest BCUT2D eigenvalue weighted by Gasteiger charge is -2.50. The van der Waals surface area contributed by atoms with E-state index >= 15 is 0 Å². The normalized spacial score (nSPS) is 26.3. The van der Waals surface area contributed by atoms with Gasteiger partial charge in [0.15, 0.2) is 11.5 Å². The molecule has 3 atom stereocenters. The van der Waals surface area contributed by atoms with Gasteiger partial charge in [-0.05, 0) is 45.8 Å². The van der Waals surface area contributed by atoms with Gasteiger partial charge < -0.3 is 29.5 Å². The monoisotopic (exact) mass is 381 g/mol. The van der Waals surface area contributed by atoms with Crippen LogP contribution in [-0.4, -0.2) is 41.7 Å². The van der Waals surface area contributed by atoms with Crippen molar-refractivity contribution in [1.82, 2.24) is 0 Å². The van der Waals surface area contributed by atoms with Gasteiger partial charge in [0.05, 0.1) is 20.8 Å². The third-order valence-electron chi connectivity index (χ3n) is 6.50. The van der Waals surface area contributed by atoms with Gasteiger partial charge in [0.2, 0.25) is 0 Å². The largest absolute Gasteiger partial charge is 0.632 e. The third kappa shape index (κ3) is 2.25. The lowest BCUT2D eigenvalue weighted by Crippen LogP contribution is -2.51. The van der Waals surface area contributed by atoms with E-state index in [1.807, 2.05) is 18.2 Å². The van der Waals surface area contributed by atoms with Crippen molar-refractivity contribution in [2.24, 2.45) is 0 Å². The van der Waals surface area contributed by atoms with Crippen LogP contribution in [0.15, 0.2) is 30.3 Å². The molecular formula is C22H23NO5. The van der Waals surface area contributed by atoms with Crippen LogP contribution in [0.1, 0.15) is 30.1 Å². The molecule has 2 aliphatic rings. The van der Waals surface area contributed by atoms with E-state index in [4.69, 9.17) is 9.47 Å². The Labute approximate surface area is 162 Å². The summed E-state index contributed by atoms with van der Waals surface area (Å²) in [5.74, 6) is 1.09. The van der Waals surface area contributed by atoms with Gasteiger partial charge in [-0.15, -0.1) is 0 Å². The van der Waals surface area contributed by atoms with E-state index in [1.165, 1.54) is 7.11 Å². The maximum absolute atomic E-state index is 13.4. The molecule has 0 bridgehead atoms. The number of ether oxygens (including phenoxy) is 2. The van der Waals surface area contributed by atoms with Crippen LogP contribution in [0.2, 0.25) is 0 Å². The molecule has 1 saturated heterocycles. The molecule has 2 N–H and O–H groups in total. The molecule has 6 heteroatoms. The van der Waals surface area contributed by atoms with Gasteiger partial charge in [-0.1, -0.05) is 6.07 Å². The number of hydroxylamine groups is 3. The van der Waals surface area contributed by atoms with E-state index in [2.05, 4.69) is 0 Å². The van der Waals surface area contributed by atoms with Gasteiger partial charge in [0, 0.05) is 24.0 Å². The molecule has 2 aliphatic heterocycles. The highest BCUT2D eigenvalue weighted by Crippen LogP contribution is 2.49. The number of phenolic OH excluding ortho intramolecular Hbond substituents is 1. The first-order valence-corrected chi connectivity index (χ1v) is 9.56. The predicted octanol–water partition coefficient (Wildman–Crippen LogP) is 3.74. The van der Waals surface area contributed by atoms with Gasteiger partial charge >= 0.3 is 0 Å². The first-order valence-electron chi connectivity index (χ1n) is 9.56. The number of hydrogen-bond acceptors (Lipinski definition) is 5. The van der Waals surface area contributed by atoms with Crippen molar-refractivity contribution < 1.29 is 24.3 Å². The molecule has 146 valence electrons. The highest BCUT2D eigenvalue weighted by Gasteiger charge is 2.46. The number of quaternary nitrogens is 1. The number of aliphatic hydroxyl groups is 1. The van der Waals surface area contributed by atoms with Crippen molar-refractivity contribution in [3.05, 3.63) is 46.7 Å². The number of fused-ring (bicyclic) bond motifs is 7. The van der Waals surface area contributed by atoms with E-state index in [-0.39, 0.29) is 16.4 Å². The average molecular weight is 381 g/mol. The Balaban J connectivity index is 1.93. The second-order valence-corrected chi connectivity index (χ2v) is 7.86. The Hall–Kier alpha value is -2.54. The Morgan fingerprint density at radius 1 is 1.04 bits per heavy atom. The van der Waals surface area contributed by atoms with Gasteiger partial charge in [0.25, 0.3) is 0 Å². The number of aromatic hydroxyl groups is 1. The van der Waals surface area contributed by atoms with E-state index in [0.29, 0.717) is 24.6 Å². The number of benzene rings is 3. The molecule has 0 spiro atoms. The maximum atomic E-state index is 13.4. The topological polar surface area (TPSA) is 82.0 Å². The van der Waals surface area contributed by atoms with Crippen LogP contribution in [0, 0.1) is 5.21 Å². The zero-order chi connectivity index (χ0) is 19.6. The molecule has 6 nitrogen and oxygen atoms in total. The molecule has 2 heterocycles. The van der Waals surface area contributed by atoms with Crippen molar-refractivity contribution >= 4 is 21.5 Å². The van der Waals surface area contributed by atoms with Crippen molar-refractivity contribution in [1.29, 1.82) is 0 Å². The molecular weight excluding hydrogens is 358 g/mol. The second-order valence-electron chi connectivity index (χ2n) is 7.86. The summed E-state index contributed by atoms with van der Waals surface area (Å²) in [4.78, 5) is 0. The van der Waals surface area contributed by atoms with Crippen molar-refractivity contribution in [2.45, 2.75) is 31.5 Å². The fourth-order valence-corrected chi connectivity index (χ4v) is 5.17. The summed E-state index contributed by atoms with van der Waals surface area (Å²) in [5, 5.41) is 38.5. The van der Waals surface area contributed by atoms with Crippen LogP contribution in [0.3, 0.4) is 0 Å². The minimum Gasteiger partial charge on any atom is -0.632 e. The Morgan fingerprint density at radius 2 is 1.82 bits per heavy atom. The van der Waals surface area contributed by atoms with Crippen molar-refractivity contribution in [3.63, 3.8) is 0 Å². The molecule has 5 rings (SSSR count). The summed E-state index contributed by atoms with van der Waals surface area (Å²) in [7, 11) is 3.11. The van der Waals surface area contributed by atoms with Gasteiger partial charge in [-0.2, -0.15) is 0 Å². The number of aliphatic hydroxyl groups excluding tert-OH is 1. The number of methoxy groups -OCH3 is 2. The minimum atomic E-state index is -0.816. The predicted molar refractivity (Wildman–Crippen MR) is 106 cm³/mol. The van der Waals surface area contributed by atoms with Crippen molar-refractivity contribution in [3.8, 4) is 17.2 Å². The summed E-state index contributed by atoms with van der Waals surface area (Å²) in [6.07, 6.45) is 0.745. The quantitative estimate of drug-likeness (QED) is 0.401. The van der Waals surface area contributed by atoms with Crippen LogP contribution in [0.25, 0.3) is 21.5 Å². The molecule has 28 heavy (non-hydrogen) atoms. The van der Waals surface area contributed by atoms with E-state index < -0.39 is 6.10 Å². The van der Waals surface area contributed by atoms with Crippen LogP contribution in [0.4, 0.5) is 0 Å². The molecule has 0 aromatic heterocycles. The fraction of sp³-hybridized carbons (Fsp3) is 0.364. The summed E-state index contributed by atoms with van der Waals surface area (Å²) >= 11 is 0. The summed E-state index contributed by atoms with van der Waals surface area (Å²) < 4.78 is 10.3. The molecule has 0 saturated carbocycles.